The molecule has 16 heavy (non-hydrogen) atoms. The van der Waals surface area contributed by atoms with Crippen LogP contribution in [0.1, 0.15) is 24.8 Å². The van der Waals surface area contributed by atoms with Gasteiger partial charge in [-0.05, 0) is 31.4 Å². The molecule has 0 aliphatic heterocycles. The van der Waals surface area contributed by atoms with Crippen molar-refractivity contribution in [2.75, 3.05) is 11.2 Å². The van der Waals surface area contributed by atoms with Gasteiger partial charge in [0.2, 0.25) is 5.91 Å². The van der Waals surface area contributed by atoms with Gasteiger partial charge in [-0.2, -0.15) is 0 Å². The van der Waals surface area contributed by atoms with E-state index in [0.717, 1.165) is 18.4 Å². The molecule has 1 N–H and O–H groups in total. The minimum Gasteiger partial charge on any atom is -0.325 e. The minimum absolute atomic E-state index is 0.0127. The Morgan fingerprint density at radius 1 is 1.38 bits per heavy atom. The van der Waals surface area contributed by atoms with Gasteiger partial charge in [-0.25, -0.2) is 0 Å². The molecule has 4 heteroatoms. The van der Waals surface area contributed by atoms with Gasteiger partial charge in [-0.1, -0.05) is 23.7 Å². The first kappa shape index (κ1) is 13.3. The standard InChI is InChI=1S/C12H15Cl2NO/c1-9-5-4-6-10(14)12(9)15-11(16)7-2-3-8-13/h4-6H,2-3,7-8H2,1H3,(H,15,16). The lowest BCUT2D eigenvalue weighted by Crippen LogP contribution is -2.12. The number of hydrogen-bond donors (Lipinski definition) is 1. The highest BCUT2D eigenvalue weighted by Crippen LogP contribution is 2.25. The molecule has 1 rings (SSSR count). The van der Waals surface area contributed by atoms with Crippen LogP contribution in [0.25, 0.3) is 0 Å². The van der Waals surface area contributed by atoms with Gasteiger partial charge in [-0.3, -0.25) is 4.79 Å². The summed E-state index contributed by atoms with van der Waals surface area (Å²) in [6, 6.07) is 5.55. The molecule has 0 heterocycles. The Balaban J connectivity index is 2.56. The third-order valence-electron chi connectivity index (χ3n) is 2.27. The van der Waals surface area contributed by atoms with Gasteiger partial charge in [0.1, 0.15) is 0 Å². The highest BCUT2D eigenvalue weighted by atomic mass is 35.5. The monoisotopic (exact) mass is 259 g/mol. The van der Waals surface area contributed by atoms with Gasteiger partial charge in [0.25, 0.3) is 0 Å². The van der Waals surface area contributed by atoms with Crippen molar-refractivity contribution in [3.8, 4) is 0 Å². The molecule has 2 nitrogen and oxygen atoms in total. The molecular weight excluding hydrogens is 245 g/mol. The Bertz CT molecular complexity index is 346. The predicted molar refractivity (Wildman–Crippen MR) is 69.4 cm³/mol. The van der Waals surface area contributed by atoms with Crippen LogP contribution in [0.5, 0.6) is 0 Å². The molecule has 0 fully saturated rings. The number of alkyl halides is 1. The van der Waals surface area contributed by atoms with E-state index in [4.69, 9.17) is 23.2 Å². The number of unbranched alkanes of at least 4 members (excludes halogenated alkanes) is 1. The summed E-state index contributed by atoms with van der Waals surface area (Å²) in [6.07, 6.45) is 2.15. The fraction of sp³-hybridized carbons (Fsp3) is 0.417. The Hall–Kier alpha value is -0.730. The lowest BCUT2D eigenvalue weighted by atomic mass is 10.2. The number of aryl methyl sites for hydroxylation is 1. The molecule has 1 aromatic rings. The van der Waals surface area contributed by atoms with Crippen LogP contribution in [0.2, 0.25) is 5.02 Å². The highest BCUT2D eigenvalue weighted by Gasteiger charge is 2.07. The molecule has 0 atom stereocenters. The van der Waals surface area contributed by atoms with Crippen molar-refractivity contribution in [1.29, 1.82) is 0 Å². The fourth-order valence-corrected chi connectivity index (χ4v) is 1.83. The smallest absolute Gasteiger partial charge is 0.224 e. The van der Waals surface area contributed by atoms with Crippen LogP contribution < -0.4 is 5.32 Å². The normalized spacial score (nSPS) is 10.2. The van der Waals surface area contributed by atoms with E-state index in [1.165, 1.54) is 0 Å². The first-order valence-electron chi connectivity index (χ1n) is 5.26. The maximum Gasteiger partial charge on any atom is 0.224 e. The highest BCUT2D eigenvalue weighted by molar-refractivity contribution is 6.33. The molecule has 1 aromatic carbocycles. The Labute approximate surface area is 106 Å². The molecule has 0 aliphatic rings. The van der Waals surface area contributed by atoms with Gasteiger partial charge in [0.05, 0.1) is 10.7 Å². The molecule has 0 unspecified atom stereocenters. The topological polar surface area (TPSA) is 29.1 Å². The van der Waals surface area contributed by atoms with E-state index in [1.54, 1.807) is 6.07 Å². The molecule has 0 aliphatic carbocycles. The van der Waals surface area contributed by atoms with Gasteiger partial charge < -0.3 is 5.32 Å². The Kier molecular flexibility index (Phi) is 5.64. The second-order valence-electron chi connectivity index (χ2n) is 3.63. The van der Waals surface area contributed by atoms with Gasteiger partial charge in [0, 0.05) is 12.3 Å². The van der Waals surface area contributed by atoms with E-state index >= 15 is 0 Å². The van der Waals surface area contributed by atoms with Crippen LogP contribution >= 0.6 is 23.2 Å². The second-order valence-corrected chi connectivity index (χ2v) is 4.41. The first-order valence-corrected chi connectivity index (χ1v) is 6.17. The molecule has 0 aromatic heterocycles. The van der Waals surface area contributed by atoms with Gasteiger partial charge in [-0.15, -0.1) is 11.6 Å². The molecule has 0 spiro atoms. The number of hydrogen-bond acceptors (Lipinski definition) is 1. The number of carbonyl (C=O) groups is 1. The molecular formula is C12H15Cl2NO. The number of carbonyl (C=O) groups excluding carboxylic acids is 1. The third kappa shape index (κ3) is 4.03. The van der Waals surface area contributed by atoms with Gasteiger partial charge in [0.15, 0.2) is 0 Å². The van der Waals surface area contributed by atoms with Crippen LogP contribution in [-0.4, -0.2) is 11.8 Å². The molecule has 0 saturated carbocycles. The number of anilines is 1. The number of nitrogens with one attached hydrogen (secondary N) is 1. The molecule has 88 valence electrons. The zero-order valence-corrected chi connectivity index (χ0v) is 10.7. The SMILES string of the molecule is Cc1cccc(Cl)c1NC(=O)CCCCCl. The summed E-state index contributed by atoms with van der Waals surface area (Å²) in [5, 5.41) is 3.40. The summed E-state index contributed by atoms with van der Waals surface area (Å²) in [6.45, 7) is 1.92. The van der Waals surface area contributed by atoms with Crippen molar-refractivity contribution < 1.29 is 4.79 Å². The summed E-state index contributed by atoms with van der Waals surface area (Å²) in [7, 11) is 0. The lowest BCUT2D eigenvalue weighted by Gasteiger charge is -2.09. The number of benzene rings is 1. The Morgan fingerprint density at radius 2 is 2.12 bits per heavy atom. The average molecular weight is 260 g/mol. The quantitative estimate of drug-likeness (QED) is 0.629. The minimum atomic E-state index is -0.0127. The van der Waals surface area contributed by atoms with Crippen molar-refractivity contribution in [1.82, 2.24) is 0 Å². The van der Waals surface area contributed by atoms with Crippen LogP contribution in [0, 0.1) is 6.92 Å². The average Bonchev–Trinajstić information content (AvgIpc) is 2.24. The van der Waals surface area contributed by atoms with E-state index in [1.807, 2.05) is 19.1 Å². The molecule has 1 amide bonds. The van der Waals surface area contributed by atoms with Crippen LogP contribution in [0.4, 0.5) is 5.69 Å². The van der Waals surface area contributed by atoms with E-state index < -0.39 is 0 Å². The third-order valence-corrected chi connectivity index (χ3v) is 2.86. The molecule has 0 bridgehead atoms. The largest absolute Gasteiger partial charge is 0.325 e. The maximum absolute atomic E-state index is 11.6. The van der Waals surface area contributed by atoms with E-state index in [0.29, 0.717) is 23.0 Å². The first-order chi connectivity index (χ1) is 7.65. The second kappa shape index (κ2) is 6.77. The lowest BCUT2D eigenvalue weighted by molar-refractivity contribution is -0.116. The van der Waals surface area contributed by atoms with E-state index in [2.05, 4.69) is 5.32 Å². The van der Waals surface area contributed by atoms with Crippen LogP contribution in [-0.2, 0) is 4.79 Å². The summed E-state index contributed by atoms with van der Waals surface area (Å²) < 4.78 is 0. The summed E-state index contributed by atoms with van der Waals surface area (Å²) in [4.78, 5) is 11.6. The summed E-state index contributed by atoms with van der Waals surface area (Å²) in [5.74, 6) is 0.583. The van der Waals surface area contributed by atoms with Gasteiger partial charge >= 0.3 is 0 Å². The van der Waals surface area contributed by atoms with Crippen molar-refractivity contribution >= 4 is 34.8 Å². The van der Waals surface area contributed by atoms with Crippen LogP contribution in [0.3, 0.4) is 0 Å². The Morgan fingerprint density at radius 3 is 2.75 bits per heavy atom. The van der Waals surface area contributed by atoms with E-state index in [9.17, 15) is 4.79 Å². The summed E-state index contributed by atoms with van der Waals surface area (Å²) in [5.41, 5.74) is 1.68. The zero-order valence-electron chi connectivity index (χ0n) is 9.22. The zero-order chi connectivity index (χ0) is 12.0. The molecule has 0 saturated heterocycles. The van der Waals surface area contributed by atoms with Crippen LogP contribution in [0.15, 0.2) is 18.2 Å². The predicted octanol–water partition coefficient (Wildman–Crippen LogP) is 4.00. The fourth-order valence-electron chi connectivity index (χ4n) is 1.37. The number of para-hydroxylation sites is 1. The summed E-state index contributed by atoms with van der Waals surface area (Å²) >= 11 is 11.5. The van der Waals surface area contributed by atoms with Crippen molar-refractivity contribution in [3.63, 3.8) is 0 Å². The maximum atomic E-state index is 11.6. The number of halogens is 2. The van der Waals surface area contributed by atoms with Crippen molar-refractivity contribution in [2.45, 2.75) is 26.2 Å². The van der Waals surface area contributed by atoms with Crippen molar-refractivity contribution in [2.24, 2.45) is 0 Å². The number of rotatable bonds is 5. The van der Waals surface area contributed by atoms with E-state index in [-0.39, 0.29) is 5.91 Å². The molecule has 0 radical (unpaired) electrons. The van der Waals surface area contributed by atoms with Crippen molar-refractivity contribution in [3.05, 3.63) is 28.8 Å². The number of amides is 1.